The van der Waals surface area contributed by atoms with Crippen LogP contribution in [0.25, 0.3) is 0 Å². The van der Waals surface area contributed by atoms with Gasteiger partial charge >= 0.3 is 0 Å². The summed E-state index contributed by atoms with van der Waals surface area (Å²) in [5, 5.41) is 0. The number of aryl methyl sites for hydroxylation is 1. The van der Waals surface area contributed by atoms with E-state index in [0.717, 1.165) is 30.4 Å². The third kappa shape index (κ3) is 3.74. The zero-order valence-electron chi connectivity index (χ0n) is 14.3. The number of hydrogen-bond acceptors (Lipinski definition) is 5. The lowest BCUT2D eigenvalue weighted by Gasteiger charge is -2.38. The topological polar surface area (TPSA) is 75.3 Å². The van der Waals surface area contributed by atoms with Crippen molar-refractivity contribution in [2.24, 2.45) is 5.73 Å². The summed E-state index contributed by atoms with van der Waals surface area (Å²) < 4.78 is 0. The van der Waals surface area contributed by atoms with Gasteiger partial charge in [-0.05, 0) is 20.8 Å². The summed E-state index contributed by atoms with van der Waals surface area (Å²) in [7, 11) is 0. The third-order valence-electron chi connectivity index (χ3n) is 3.82. The van der Waals surface area contributed by atoms with Crippen molar-refractivity contribution in [2.75, 3.05) is 31.1 Å². The van der Waals surface area contributed by atoms with Gasteiger partial charge in [0.05, 0.1) is 5.54 Å². The highest BCUT2D eigenvalue weighted by Gasteiger charge is 2.30. The predicted molar refractivity (Wildman–Crippen MR) is 87.9 cm³/mol. The fourth-order valence-electron chi connectivity index (χ4n) is 2.54. The van der Waals surface area contributed by atoms with Crippen LogP contribution >= 0.6 is 0 Å². The number of nitrogens with zero attached hydrogens (tertiary/aromatic N) is 4. The maximum Gasteiger partial charge on any atom is 0.242 e. The molecule has 22 heavy (non-hydrogen) atoms. The SMILES string of the molecule is Cc1cc(N2CCN(C(=O)C(C)(C)N)CC2)nc(C(C)C)n1. The normalized spacial score (nSPS) is 16.3. The van der Waals surface area contributed by atoms with Crippen molar-refractivity contribution in [3.8, 4) is 0 Å². The number of hydrogen-bond donors (Lipinski definition) is 1. The molecule has 0 radical (unpaired) electrons. The Labute approximate surface area is 132 Å². The van der Waals surface area contributed by atoms with Gasteiger partial charge in [0.2, 0.25) is 5.91 Å². The first-order chi connectivity index (χ1) is 10.2. The number of nitrogens with two attached hydrogens (primary N) is 1. The zero-order chi connectivity index (χ0) is 16.5. The highest BCUT2D eigenvalue weighted by Crippen LogP contribution is 2.19. The van der Waals surface area contributed by atoms with Crippen LogP contribution in [0.4, 0.5) is 5.82 Å². The maximum atomic E-state index is 12.2. The molecule has 0 atom stereocenters. The van der Waals surface area contributed by atoms with E-state index in [2.05, 4.69) is 28.7 Å². The molecule has 2 heterocycles. The summed E-state index contributed by atoms with van der Waals surface area (Å²) in [6, 6.07) is 2.01. The van der Waals surface area contributed by atoms with Crippen LogP contribution in [0.3, 0.4) is 0 Å². The minimum atomic E-state index is -0.807. The van der Waals surface area contributed by atoms with Crippen LogP contribution in [-0.4, -0.2) is 52.5 Å². The lowest BCUT2D eigenvalue weighted by atomic mass is 10.0. The van der Waals surface area contributed by atoms with Crippen LogP contribution in [0.15, 0.2) is 6.07 Å². The van der Waals surface area contributed by atoms with E-state index >= 15 is 0 Å². The van der Waals surface area contributed by atoms with Crippen molar-refractivity contribution in [3.05, 3.63) is 17.6 Å². The standard InChI is InChI=1S/C16H27N5O/c1-11(2)14-18-12(3)10-13(19-14)20-6-8-21(9-7-20)15(22)16(4,5)17/h10-11H,6-9,17H2,1-5H3. The van der Waals surface area contributed by atoms with Gasteiger partial charge in [0.1, 0.15) is 11.6 Å². The van der Waals surface area contributed by atoms with Crippen molar-refractivity contribution < 1.29 is 4.79 Å². The Morgan fingerprint density at radius 2 is 1.82 bits per heavy atom. The van der Waals surface area contributed by atoms with E-state index in [4.69, 9.17) is 5.73 Å². The molecule has 6 nitrogen and oxygen atoms in total. The number of aromatic nitrogens is 2. The second kappa shape index (κ2) is 6.20. The van der Waals surface area contributed by atoms with Crippen LogP contribution in [0.5, 0.6) is 0 Å². The molecule has 1 aliphatic heterocycles. The second-order valence-electron chi connectivity index (χ2n) is 6.88. The quantitative estimate of drug-likeness (QED) is 0.911. The van der Waals surface area contributed by atoms with E-state index in [-0.39, 0.29) is 5.91 Å². The lowest BCUT2D eigenvalue weighted by molar-refractivity contribution is -0.136. The summed E-state index contributed by atoms with van der Waals surface area (Å²) in [5.41, 5.74) is 6.08. The molecule has 2 rings (SSSR count). The summed E-state index contributed by atoms with van der Waals surface area (Å²) in [6.45, 7) is 12.6. The molecule has 1 aliphatic rings. The zero-order valence-corrected chi connectivity index (χ0v) is 14.3. The molecule has 1 fully saturated rings. The maximum absolute atomic E-state index is 12.2. The highest BCUT2D eigenvalue weighted by molar-refractivity contribution is 5.85. The van der Waals surface area contributed by atoms with Gasteiger partial charge in [-0.15, -0.1) is 0 Å². The Balaban J connectivity index is 2.07. The average molecular weight is 305 g/mol. The van der Waals surface area contributed by atoms with E-state index in [0.29, 0.717) is 19.0 Å². The number of anilines is 1. The summed E-state index contributed by atoms with van der Waals surface area (Å²) in [5.74, 6) is 2.14. The molecule has 1 aromatic heterocycles. The highest BCUT2D eigenvalue weighted by atomic mass is 16.2. The molecular formula is C16H27N5O. The number of carbonyl (C=O) groups excluding carboxylic acids is 1. The summed E-state index contributed by atoms with van der Waals surface area (Å²) in [6.07, 6.45) is 0. The Morgan fingerprint density at radius 1 is 1.23 bits per heavy atom. The van der Waals surface area contributed by atoms with Gasteiger partial charge < -0.3 is 15.5 Å². The molecule has 6 heteroatoms. The fraction of sp³-hybridized carbons (Fsp3) is 0.688. The molecule has 0 aliphatic carbocycles. The van der Waals surface area contributed by atoms with Crippen LogP contribution in [0.1, 0.15) is 45.1 Å². The van der Waals surface area contributed by atoms with Crippen molar-refractivity contribution in [2.45, 2.75) is 46.1 Å². The van der Waals surface area contributed by atoms with Crippen LogP contribution in [0, 0.1) is 6.92 Å². The Morgan fingerprint density at radius 3 is 2.32 bits per heavy atom. The molecule has 0 unspecified atom stereocenters. The Bertz CT molecular complexity index is 542. The molecule has 122 valence electrons. The van der Waals surface area contributed by atoms with E-state index in [9.17, 15) is 4.79 Å². The van der Waals surface area contributed by atoms with E-state index in [1.807, 2.05) is 17.9 Å². The van der Waals surface area contributed by atoms with Gasteiger partial charge in [0.25, 0.3) is 0 Å². The van der Waals surface area contributed by atoms with Crippen LogP contribution in [0.2, 0.25) is 0 Å². The monoisotopic (exact) mass is 305 g/mol. The van der Waals surface area contributed by atoms with Gasteiger partial charge in [0, 0.05) is 43.9 Å². The molecule has 0 spiro atoms. The van der Waals surface area contributed by atoms with Crippen LogP contribution in [-0.2, 0) is 4.79 Å². The van der Waals surface area contributed by atoms with E-state index in [1.54, 1.807) is 13.8 Å². The van der Waals surface area contributed by atoms with Gasteiger partial charge in [-0.2, -0.15) is 0 Å². The Kier molecular flexibility index (Phi) is 4.70. The lowest BCUT2D eigenvalue weighted by Crippen LogP contribution is -2.57. The number of rotatable bonds is 3. The smallest absolute Gasteiger partial charge is 0.242 e. The van der Waals surface area contributed by atoms with Crippen molar-refractivity contribution in [1.29, 1.82) is 0 Å². The first-order valence-electron chi connectivity index (χ1n) is 7.87. The first-order valence-corrected chi connectivity index (χ1v) is 7.87. The van der Waals surface area contributed by atoms with Crippen molar-refractivity contribution >= 4 is 11.7 Å². The average Bonchev–Trinajstić information content (AvgIpc) is 2.45. The van der Waals surface area contributed by atoms with E-state index in [1.165, 1.54) is 0 Å². The summed E-state index contributed by atoms with van der Waals surface area (Å²) >= 11 is 0. The predicted octanol–water partition coefficient (Wildman–Crippen LogP) is 1.29. The molecule has 1 amide bonds. The van der Waals surface area contributed by atoms with Gasteiger partial charge in [-0.25, -0.2) is 9.97 Å². The molecule has 1 aromatic rings. The minimum Gasteiger partial charge on any atom is -0.353 e. The number of amides is 1. The molecule has 2 N–H and O–H groups in total. The minimum absolute atomic E-state index is 0.00823. The molecule has 0 aromatic carbocycles. The molecular weight excluding hydrogens is 278 g/mol. The van der Waals surface area contributed by atoms with Gasteiger partial charge in [0.15, 0.2) is 0 Å². The van der Waals surface area contributed by atoms with Gasteiger partial charge in [-0.3, -0.25) is 4.79 Å². The fourth-order valence-corrected chi connectivity index (χ4v) is 2.54. The van der Waals surface area contributed by atoms with Crippen molar-refractivity contribution in [3.63, 3.8) is 0 Å². The number of piperazine rings is 1. The third-order valence-corrected chi connectivity index (χ3v) is 3.82. The first kappa shape index (κ1) is 16.7. The molecule has 0 saturated carbocycles. The molecule has 0 bridgehead atoms. The summed E-state index contributed by atoms with van der Waals surface area (Å²) in [4.78, 5) is 25.4. The largest absolute Gasteiger partial charge is 0.353 e. The Hall–Kier alpha value is -1.69. The van der Waals surface area contributed by atoms with E-state index < -0.39 is 5.54 Å². The van der Waals surface area contributed by atoms with Crippen molar-refractivity contribution in [1.82, 2.24) is 14.9 Å². The van der Waals surface area contributed by atoms with Gasteiger partial charge in [-0.1, -0.05) is 13.8 Å². The number of carbonyl (C=O) groups is 1. The second-order valence-corrected chi connectivity index (χ2v) is 6.88. The van der Waals surface area contributed by atoms with Crippen LogP contribution < -0.4 is 10.6 Å². The molecule has 1 saturated heterocycles.